The smallest absolute Gasteiger partial charge is 0.131 e. The predicted octanol–water partition coefficient (Wildman–Crippen LogP) is 5.97. The summed E-state index contributed by atoms with van der Waals surface area (Å²) in [7, 11) is 0. The molecule has 3 aromatic carbocycles. The maximum atomic E-state index is 5.38. The first-order chi connectivity index (χ1) is 12.9. The van der Waals surface area contributed by atoms with E-state index in [-0.39, 0.29) is 0 Å². The van der Waals surface area contributed by atoms with Crippen LogP contribution in [0.15, 0.2) is 101 Å². The maximum absolute atomic E-state index is 5.38. The second-order valence-electron chi connectivity index (χ2n) is 5.72. The molecule has 4 rings (SSSR count). The van der Waals surface area contributed by atoms with E-state index in [2.05, 4.69) is 36.4 Å². The van der Waals surface area contributed by atoms with E-state index in [1.54, 1.807) is 17.1 Å². The Morgan fingerprint density at radius 3 is 2.00 bits per heavy atom. The quantitative estimate of drug-likeness (QED) is 0.414. The lowest BCUT2D eigenvalue weighted by atomic mass is 10.1. The van der Waals surface area contributed by atoms with Crippen molar-refractivity contribution in [2.75, 3.05) is 5.01 Å². The van der Waals surface area contributed by atoms with Crippen LogP contribution >= 0.6 is 24.0 Å². The van der Waals surface area contributed by atoms with Crippen LogP contribution in [-0.2, 0) is 0 Å². The zero-order chi connectivity index (χ0) is 17.8. The molecule has 0 N–H and O–H groups in total. The highest BCUT2D eigenvalue weighted by molar-refractivity contribution is 8.18. The molecule has 1 aliphatic rings. The number of rotatable bonds is 4. The molecule has 0 aromatic heterocycles. The molecular formula is C22H16N2S2. The molecule has 126 valence electrons. The van der Waals surface area contributed by atoms with Crippen LogP contribution in [0.5, 0.6) is 0 Å². The molecule has 0 aliphatic carbocycles. The molecule has 26 heavy (non-hydrogen) atoms. The number of anilines is 1. The van der Waals surface area contributed by atoms with Gasteiger partial charge in [-0.2, -0.15) is 5.10 Å². The van der Waals surface area contributed by atoms with Gasteiger partial charge in [-0.1, -0.05) is 91.1 Å². The van der Waals surface area contributed by atoms with Gasteiger partial charge in [-0.15, -0.1) is 0 Å². The normalized spacial score (nSPS) is 15.5. The Morgan fingerprint density at radius 2 is 1.38 bits per heavy atom. The van der Waals surface area contributed by atoms with Gasteiger partial charge in [0.2, 0.25) is 0 Å². The molecule has 0 fully saturated rings. The summed E-state index contributed by atoms with van der Waals surface area (Å²) in [6.45, 7) is 0. The van der Waals surface area contributed by atoms with Crippen molar-refractivity contribution in [2.24, 2.45) is 5.10 Å². The topological polar surface area (TPSA) is 15.6 Å². The van der Waals surface area contributed by atoms with Gasteiger partial charge in [0.25, 0.3) is 0 Å². The summed E-state index contributed by atoms with van der Waals surface area (Å²) < 4.78 is 0. The van der Waals surface area contributed by atoms with Crippen molar-refractivity contribution in [2.45, 2.75) is 0 Å². The van der Waals surface area contributed by atoms with Crippen LogP contribution in [0.1, 0.15) is 11.1 Å². The van der Waals surface area contributed by atoms with E-state index in [4.69, 9.17) is 17.3 Å². The molecule has 3 aromatic rings. The summed E-state index contributed by atoms with van der Waals surface area (Å²) in [4.78, 5) is 0. The van der Waals surface area contributed by atoms with Crippen LogP contribution in [0.25, 0.3) is 5.57 Å². The molecule has 2 nitrogen and oxygen atoms in total. The summed E-state index contributed by atoms with van der Waals surface area (Å²) in [6, 6.07) is 30.6. The third-order valence-electron chi connectivity index (χ3n) is 4.03. The number of allylic oxidation sites excluding steroid dienone is 1. The highest BCUT2D eigenvalue weighted by Gasteiger charge is 2.27. The Hall–Kier alpha value is -2.69. The first-order valence-corrected chi connectivity index (χ1v) is 9.57. The van der Waals surface area contributed by atoms with E-state index < -0.39 is 0 Å². The van der Waals surface area contributed by atoms with Crippen molar-refractivity contribution >= 4 is 45.7 Å². The molecule has 0 unspecified atom stereocenters. The van der Waals surface area contributed by atoms with Gasteiger partial charge in [0.05, 0.1) is 5.69 Å². The van der Waals surface area contributed by atoms with Gasteiger partial charge in [0.1, 0.15) is 10.1 Å². The first-order valence-electron chi connectivity index (χ1n) is 8.29. The molecule has 1 aliphatic heterocycles. The van der Waals surface area contributed by atoms with E-state index in [9.17, 15) is 0 Å². The number of nitrogens with zero attached hydrogens (tertiary/aromatic N) is 2. The third-order valence-corrected chi connectivity index (χ3v) is 5.36. The summed E-state index contributed by atoms with van der Waals surface area (Å²) in [6.07, 6.45) is 0. The van der Waals surface area contributed by atoms with Crippen molar-refractivity contribution in [3.8, 4) is 0 Å². The number of hydrazone groups is 1. The average Bonchev–Trinajstić information content (AvgIpc) is 3.16. The number of benzene rings is 3. The number of para-hydroxylation sites is 1. The number of hydrogen-bond donors (Lipinski definition) is 0. The highest BCUT2D eigenvalue weighted by Crippen LogP contribution is 2.40. The second kappa shape index (κ2) is 7.68. The number of thiocarbonyl (C=S) groups is 1. The van der Waals surface area contributed by atoms with Crippen LogP contribution in [0.3, 0.4) is 0 Å². The van der Waals surface area contributed by atoms with Gasteiger partial charge in [0, 0.05) is 16.5 Å². The Morgan fingerprint density at radius 1 is 0.808 bits per heavy atom. The fourth-order valence-corrected chi connectivity index (χ4v) is 4.16. The van der Waals surface area contributed by atoms with Crippen LogP contribution < -0.4 is 5.01 Å². The SMILES string of the molecule is S=C/C(=C1/SC(c2ccccc2)=NN1c1ccccc1)c1ccccc1. The van der Waals surface area contributed by atoms with E-state index in [0.29, 0.717) is 0 Å². The van der Waals surface area contributed by atoms with E-state index in [0.717, 1.165) is 32.5 Å². The van der Waals surface area contributed by atoms with E-state index >= 15 is 0 Å². The standard InChI is InChI=1S/C22H16N2S2/c25-16-20(17-10-4-1-5-11-17)22-24(19-14-8-3-9-15-19)23-21(26-22)18-12-6-2-7-13-18/h1-16H/b22-20-. The van der Waals surface area contributed by atoms with Gasteiger partial charge in [-0.05, 0) is 29.5 Å². The zero-order valence-electron chi connectivity index (χ0n) is 13.9. The van der Waals surface area contributed by atoms with Crippen molar-refractivity contribution in [3.63, 3.8) is 0 Å². The molecule has 0 amide bonds. The third kappa shape index (κ3) is 3.34. The number of thioether (sulfide) groups is 1. The lowest BCUT2D eigenvalue weighted by molar-refractivity contribution is 1.08. The number of hydrogen-bond acceptors (Lipinski definition) is 4. The van der Waals surface area contributed by atoms with Gasteiger partial charge >= 0.3 is 0 Å². The maximum Gasteiger partial charge on any atom is 0.131 e. The largest absolute Gasteiger partial charge is 0.225 e. The second-order valence-corrected chi connectivity index (χ2v) is 6.94. The van der Waals surface area contributed by atoms with Crippen molar-refractivity contribution < 1.29 is 0 Å². The first kappa shape index (κ1) is 16.8. The molecule has 0 atom stereocenters. The van der Waals surface area contributed by atoms with Crippen molar-refractivity contribution in [3.05, 3.63) is 107 Å². The lowest BCUT2D eigenvalue weighted by Crippen LogP contribution is -2.11. The lowest BCUT2D eigenvalue weighted by Gasteiger charge is -2.18. The zero-order valence-corrected chi connectivity index (χ0v) is 15.6. The van der Waals surface area contributed by atoms with Gasteiger partial charge < -0.3 is 0 Å². The Balaban J connectivity index is 1.85. The Labute approximate surface area is 162 Å². The molecule has 0 saturated heterocycles. The minimum absolute atomic E-state index is 0.967. The van der Waals surface area contributed by atoms with Gasteiger partial charge in [0.15, 0.2) is 0 Å². The highest BCUT2D eigenvalue weighted by atomic mass is 32.2. The van der Waals surface area contributed by atoms with Crippen molar-refractivity contribution in [1.82, 2.24) is 0 Å². The summed E-state index contributed by atoms with van der Waals surface area (Å²) in [5.41, 5.74) is 4.22. The predicted molar refractivity (Wildman–Crippen MR) is 117 cm³/mol. The van der Waals surface area contributed by atoms with Crippen LogP contribution in [0, 0.1) is 0 Å². The van der Waals surface area contributed by atoms with Crippen LogP contribution in [0.2, 0.25) is 0 Å². The van der Waals surface area contributed by atoms with Gasteiger partial charge in [-0.25, -0.2) is 5.01 Å². The summed E-state index contributed by atoms with van der Waals surface area (Å²) in [5, 5.41) is 10.6. The molecule has 0 radical (unpaired) electrons. The molecule has 1 heterocycles. The fourth-order valence-electron chi connectivity index (χ4n) is 2.76. The fraction of sp³-hybridized carbons (Fsp3) is 0. The molecule has 0 saturated carbocycles. The Bertz CT molecular complexity index is 965. The summed E-state index contributed by atoms with van der Waals surface area (Å²) >= 11 is 7.03. The molecule has 0 bridgehead atoms. The monoisotopic (exact) mass is 372 g/mol. The van der Waals surface area contributed by atoms with E-state index in [1.165, 1.54) is 0 Å². The van der Waals surface area contributed by atoms with Gasteiger partial charge in [-0.3, -0.25) is 0 Å². The molecule has 4 heteroatoms. The van der Waals surface area contributed by atoms with Crippen molar-refractivity contribution in [1.29, 1.82) is 0 Å². The Kier molecular flexibility index (Phi) is 4.95. The van der Waals surface area contributed by atoms with Crippen LogP contribution in [0.4, 0.5) is 5.69 Å². The van der Waals surface area contributed by atoms with E-state index in [1.807, 2.05) is 59.6 Å². The minimum atomic E-state index is 0.967. The van der Waals surface area contributed by atoms with Crippen LogP contribution in [-0.4, -0.2) is 10.4 Å². The molecule has 0 spiro atoms. The minimum Gasteiger partial charge on any atom is -0.225 e. The molecular weight excluding hydrogens is 356 g/mol. The summed E-state index contributed by atoms with van der Waals surface area (Å²) in [5.74, 6) is 0. The average molecular weight is 373 g/mol.